The number of hydrogen-bond acceptors (Lipinski definition) is 2. The van der Waals surface area contributed by atoms with Crippen LogP contribution >= 0.6 is 0 Å². The summed E-state index contributed by atoms with van der Waals surface area (Å²) in [6.07, 6.45) is 10.5. The summed E-state index contributed by atoms with van der Waals surface area (Å²) in [7, 11) is 0. The highest BCUT2D eigenvalue weighted by molar-refractivity contribution is 5.38. The Kier molecular flexibility index (Phi) is 10.3. The van der Waals surface area contributed by atoms with Crippen LogP contribution in [0.25, 0.3) is 0 Å². The van der Waals surface area contributed by atoms with Gasteiger partial charge in [0.05, 0.1) is 6.61 Å². The van der Waals surface area contributed by atoms with Gasteiger partial charge in [0.1, 0.15) is 12.4 Å². The standard InChI is InChI=1S/C19H28O2/c1-2-3-4-5-6-7-8-9-17-21-19-14-12-18(13-15-19)11-10-16-20/h12-15,20H,2-9,16-17H2,1H3. The van der Waals surface area contributed by atoms with E-state index >= 15 is 0 Å². The van der Waals surface area contributed by atoms with Crippen LogP contribution in [0.3, 0.4) is 0 Å². The van der Waals surface area contributed by atoms with Gasteiger partial charge >= 0.3 is 0 Å². The second-order valence-electron chi connectivity index (χ2n) is 5.31. The van der Waals surface area contributed by atoms with Gasteiger partial charge in [-0.3, -0.25) is 0 Å². The van der Waals surface area contributed by atoms with E-state index in [2.05, 4.69) is 18.8 Å². The quantitative estimate of drug-likeness (QED) is 0.505. The Balaban J connectivity index is 2.05. The first-order valence-corrected chi connectivity index (χ1v) is 8.19. The summed E-state index contributed by atoms with van der Waals surface area (Å²) in [4.78, 5) is 0. The summed E-state index contributed by atoms with van der Waals surface area (Å²) in [6, 6.07) is 7.72. The molecule has 0 heterocycles. The van der Waals surface area contributed by atoms with Gasteiger partial charge in [-0.25, -0.2) is 0 Å². The van der Waals surface area contributed by atoms with Crippen molar-refractivity contribution in [3.05, 3.63) is 29.8 Å². The Morgan fingerprint density at radius 1 is 0.905 bits per heavy atom. The lowest BCUT2D eigenvalue weighted by atomic mass is 10.1. The Labute approximate surface area is 129 Å². The van der Waals surface area contributed by atoms with Gasteiger partial charge in [0.2, 0.25) is 0 Å². The van der Waals surface area contributed by atoms with Crippen molar-refractivity contribution in [2.45, 2.75) is 58.3 Å². The van der Waals surface area contributed by atoms with Crippen molar-refractivity contribution in [2.75, 3.05) is 13.2 Å². The molecular weight excluding hydrogens is 260 g/mol. The first-order valence-electron chi connectivity index (χ1n) is 8.19. The van der Waals surface area contributed by atoms with Crippen molar-refractivity contribution < 1.29 is 9.84 Å². The number of benzene rings is 1. The number of unbranched alkanes of at least 4 members (excludes halogenated alkanes) is 7. The van der Waals surface area contributed by atoms with Crippen molar-refractivity contribution in [1.82, 2.24) is 0 Å². The molecule has 0 amide bonds. The molecule has 2 heteroatoms. The van der Waals surface area contributed by atoms with Crippen molar-refractivity contribution >= 4 is 0 Å². The van der Waals surface area contributed by atoms with Gasteiger partial charge < -0.3 is 9.84 Å². The molecule has 1 aromatic rings. The van der Waals surface area contributed by atoms with E-state index < -0.39 is 0 Å². The van der Waals surface area contributed by atoms with Crippen LogP contribution in [0, 0.1) is 11.8 Å². The molecule has 0 saturated heterocycles. The van der Waals surface area contributed by atoms with Crippen molar-refractivity contribution in [3.8, 4) is 17.6 Å². The largest absolute Gasteiger partial charge is 0.494 e. The maximum Gasteiger partial charge on any atom is 0.119 e. The van der Waals surface area contributed by atoms with Crippen LogP contribution < -0.4 is 4.74 Å². The van der Waals surface area contributed by atoms with Crippen LogP contribution in [0.1, 0.15) is 63.9 Å². The predicted molar refractivity (Wildman–Crippen MR) is 88.5 cm³/mol. The maximum atomic E-state index is 8.63. The number of hydrogen-bond donors (Lipinski definition) is 1. The highest BCUT2D eigenvalue weighted by Gasteiger charge is 1.95. The molecule has 0 fully saturated rings. The summed E-state index contributed by atoms with van der Waals surface area (Å²) in [5.74, 6) is 6.40. The molecule has 0 bridgehead atoms. The Morgan fingerprint density at radius 3 is 2.14 bits per heavy atom. The van der Waals surface area contributed by atoms with Crippen LogP contribution in [0.4, 0.5) is 0 Å². The van der Waals surface area contributed by atoms with Crippen LogP contribution in [0.5, 0.6) is 5.75 Å². The van der Waals surface area contributed by atoms with Crippen LogP contribution in [0.15, 0.2) is 24.3 Å². The SMILES string of the molecule is CCCCCCCCCCOc1ccc(C#CCO)cc1. The summed E-state index contributed by atoms with van der Waals surface area (Å²) < 4.78 is 5.71. The molecular formula is C19H28O2. The van der Waals surface area contributed by atoms with Gasteiger partial charge in [-0.15, -0.1) is 0 Å². The highest BCUT2D eigenvalue weighted by atomic mass is 16.5. The molecule has 1 rings (SSSR count). The van der Waals surface area contributed by atoms with Gasteiger partial charge in [-0.2, -0.15) is 0 Å². The normalized spacial score (nSPS) is 10.0. The molecule has 0 atom stereocenters. The highest BCUT2D eigenvalue weighted by Crippen LogP contribution is 2.13. The van der Waals surface area contributed by atoms with Crippen molar-refractivity contribution in [2.24, 2.45) is 0 Å². The number of aliphatic hydroxyl groups is 1. The Hall–Kier alpha value is -1.46. The summed E-state index contributed by atoms with van der Waals surface area (Å²) in [5, 5.41) is 8.63. The van der Waals surface area contributed by atoms with E-state index in [1.165, 1.54) is 44.9 Å². The molecule has 1 aromatic carbocycles. The zero-order valence-corrected chi connectivity index (χ0v) is 13.2. The predicted octanol–water partition coefficient (Wildman–Crippen LogP) is 4.55. The van der Waals surface area contributed by atoms with Crippen molar-refractivity contribution in [1.29, 1.82) is 0 Å². The van der Waals surface area contributed by atoms with E-state index in [-0.39, 0.29) is 6.61 Å². The van der Waals surface area contributed by atoms with Crippen LogP contribution in [0.2, 0.25) is 0 Å². The molecule has 21 heavy (non-hydrogen) atoms. The third-order valence-corrected chi connectivity index (χ3v) is 3.43. The lowest BCUT2D eigenvalue weighted by Gasteiger charge is -2.06. The molecule has 0 aliphatic heterocycles. The molecule has 116 valence electrons. The third-order valence-electron chi connectivity index (χ3n) is 3.43. The zero-order valence-electron chi connectivity index (χ0n) is 13.2. The van der Waals surface area contributed by atoms with Gasteiger partial charge in [0.25, 0.3) is 0 Å². The van der Waals surface area contributed by atoms with Gasteiger partial charge in [-0.05, 0) is 30.7 Å². The Morgan fingerprint density at radius 2 is 1.52 bits per heavy atom. The van der Waals surface area contributed by atoms with E-state index in [1.54, 1.807) is 0 Å². The molecule has 0 aliphatic carbocycles. The minimum Gasteiger partial charge on any atom is -0.494 e. The fraction of sp³-hybridized carbons (Fsp3) is 0.579. The second kappa shape index (κ2) is 12.3. The molecule has 0 aromatic heterocycles. The monoisotopic (exact) mass is 288 g/mol. The third kappa shape index (κ3) is 9.15. The zero-order chi connectivity index (χ0) is 15.2. The van der Waals surface area contributed by atoms with E-state index in [9.17, 15) is 0 Å². The summed E-state index contributed by atoms with van der Waals surface area (Å²) in [6.45, 7) is 2.94. The average Bonchev–Trinajstić information content (AvgIpc) is 2.52. The smallest absolute Gasteiger partial charge is 0.119 e. The molecule has 0 aliphatic rings. The minimum atomic E-state index is -0.101. The van der Waals surface area contributed by atoms with Gasteiger partial charge in [-0.1, -0.05) is 63.7 Å². The average molecular weight is 288 g/mol. The van der Waals surface area contributed by atoms with E-state index in [0.717, 1.165) is 24.3 Å². The molecule has 1 N–H and O–H groups in total. The first-order chi connectivity index (χ1) is 10.4. The summed E-state index contributed by atoms with van der Waals surface area (Å²) >= 11 is 0. The van der Waals surface area contributed by atoms with E-state index in [0.29, 0.717) is 0 Å². The number of aliphatic hydroxyl groups excluding tert-OH is 1. The molecule has 0 unspecified atom stereocenters. The lowest BCUT2D eigenvalue weighted by Crippen LogP contribution is -1.97. The fourth-order valence-corrected chi connectivity index (χ4v) is 2.20. The molecule has 2 nitrogen and oxygen atoms in total. The number of ether oxygens (including phenoxy) is 1. The topological polar surface area (TPSA) is 29.5 Å². The Bertz CT molecular complexity index is 411. The first kappa shape index (κ1) is 17.6. The number of rotatable bonds is 10. The van der Waals surface area contributed by atoms with Crippen molar-refractivity contribution in [3.63, 3.8) is 0 Å². The molecule has 0 saturated carbocycles. The van der Waals surface area contributed by atoms with Gasteiger partial charge in [0.15, 0.2) is 0 Å². The maximum absolute atomic E-state index is 8.63. The van der Waals surface area contributed by atoms with E-state index in [4.69, 9.17) is 9.84 Å². The van der Waals surface area contributed by atoms with Gasteiger partial charge in [0, 0.05) is 5.56 Å². The van der Waals surface area contributed by atoms with E-state index in [1.807, 2.05) is 24.3 Å². The van der Waals surface area contributed by atoms with Crippen LogP contribution in [-0.4, -0.2) is 18.3 Å². The lowest BCUT2D eigenvalue weighted by molar-refractivity contribution is 0.304. The fourth-order valence-electron chi connectivity index (χ4n) is 2.20. The minimum absolute atomic E-state index is 0.101. The molecule has 0 spiro atoms. The summed E-state index contributed by atoms with van der Waals surface area (Å²) in [5.41, 5.74) is 0.906. The van der Waals surface area contributed by atoms with Crippen LogP contribution in [-0.2, 0) is 0 Å². The second-order valence-corrected chi connectivity index (χ2v) is 5.31. The molecule has 0 radical (unpaired) electrons.